The van der Waals surface area contributed by atoms with Gasteiger partial charge in [0.2, 0.25) is 11.8 Å². The molecule has 2 unspecified atom stereocenters. The number of rotatable bonds is 5. The van der Waals surface area contributed by atoms with Crippen molar-refractivity contribution >= 4 is 24.2 Å². The fourth-order valence-electron chi connectivity index (χ4n) is 2.73. The van der Waals surface area contributed by atoms with E-state index in [1.54, 1.807) is 4.90 Å². The molecule has 1 saturated heterocycles. The van der Waals surface area contributed by atoms with Crippen LogP contribution in [0.5, 0.6) is 0 Å². The molecule has 2 rings (SSSR count). The van der Waals surface area contributed by atoms with Crippen molar-refractivity contribution in [1.82, 2.24) is 10.2 Å². The van der Waals surface area contributed by atoms with E-state index in [1.807, 2.05) is 6.92 Å². The van der Waals surface area contributed by atoms with Crippen molar-refractivity contribution in [2.75, 3.05) is 13.1 Å². The largest absolute Gasteiger partial charge is 0.353 e. The molecule has 0 bridgehead atoms. The predicted molar refractivity (Wildman–Crippen MR) is 80.6 cm³/mol. The van der Waals surface area contributed by atoms with Gasteiger partial charge in [0.25, 0.3) is 0 Å². The molecule has 1 heterocycles. The number of carbonyl (C=O) groups is 2. The molecule has 2 amide bonds. The summed E-state index contributed by atoms with van der Waals surface area (Å²) < 4.78 is 0. The van der Waals surface area contributed by atoms with Crippen molar-refractivity contribution in [3.8, 4) is 0 Å². The average molecular weight is 304 g/mol. The molecule has 2 atom stereocenters. The fourth-order valence-corrected chi connectivity index (χ4v) is 2.73. The summed E-state index contributed by atoms with van der Waals surface area (Å²) in [7, 11) is 0. The van der Waals surface area contributed by atoms with Crippen molar-refractivity contribution in [2.45, 2.75) is 57.5 Å². The maximum Gasteiger partial charge on any atom is 0.242 e. The quantitative estimate of drug-likeness (QED) is 0.797. The molecular weight excluding hydrogens is 278 g/mol. The number of halogens is 1. The van der Waals surface area contributed by atoms with Crippen LogP contribution in [0.3, 0.4) is 0 Å². The molecule has 1 saturated carbocycles. The van der Waals surface area contributed by atoms with Crippen LogP contribution >= 0.6 is 12.4 Å². The first-order valence-corrected chi connectivity index (χ1v) is 7.46. The van der Waals surface area contributed by atoms with Crippen LogP contribution < -0.4 is 11.1 Å². The van der Waals surface area contributed by atoms with E-state index in [0.717, 1.165) is 19.3 Å². The first kappa shape index (κ1) is 17.2. The minimum absolute atomic E-state index is 0. The summed E-state index contributed by atoms with van der Waals surface area (Å²) in [5.41, 5.74) is 5.98. The Morgan fingerprint density at radius 1 is 1.30 bits per heavy atom. The Hall–Kier alpha value is -0.810. The summed E-state index contributed by atoms with van der Waals surface area (Å²) in [5.74, 6) is 0.629. The fraction of sp³-hybridized carbons (Fsp3) is 0.857. The van der Waals surface area contributed by atoms with E-state index >= 15 is 0 Å². The minimum Gasteiger partial charge on any atom is -0.353 e. The molecule has 6 heteroatoms. The Balaban J connectivity index is 0.00000200. The molecule has 0 radical (unpaired) electrons. The summed E-state index contributed by atoms with van der Waals surface area (Å²) in [4.78, 5) is 25.8. The Morgan fingerprint density at radius 2 is 2.00 bits per heavy atom. The van der Waals surface area contributed by atoms with Crippen LogP contribution in [0.25, 0.3) is 0 Å². The van der Waals surface area contributed by atoms with Gasteiger partial charge in [-0.25, -0.2) is 0 Å². The highest BCUT2D eigenvalue weighted by Gasteiger charge is 2.33. The molecule has 116 valence electrons. The van der Waals surface area contributed by atoms with Gasteiger partial charge < -0.3 is 16.0 Å². The molecule has 3 N–H and O–H groups in total. The smallest absolute Gasteiger partial charge is 0.242 e. The van der Waals surface area contributed by atoms with Crippen LogP contribution in [-0.2, 0) is 9.59 Å². The van der Waals surface area contributed by atoms with Crippen LogP contribution in [0.1, 0.15) is 45.4 Å². The number of amides is 2. The molecule has 2 fully saturated rings. The van der Waals surface area contributed by atoms with Gasteiger partial charge in [-0.15, -0.1) is 12.4 Å². The van der Waals surface area contributed by atoms with Crippen molar-refractivity contribution in [2.24, 2.45) is 11.7 Å². The van der Waals surface area contributed by atoms with E-state index in [9.17, 15) is 9.59 Å². The zero-order chi connectivity index (χ0) is 13.8. The molecule has 0 aromatic rings. The Bertz CT molecular complexity index is 347. The zero-order valence-corrected chi connectivity index (χ0v) is 13.0. The van der Waals surface area contributed by atoms with Gasteiger partial charge >= 0.3 is 0 Å². The number of nitrogens with two attached hydrogens (primary N) is 1. The first-order valence-electron chi connectivity index (χ1n) is 7.46. The lowest BCUT2D eigenvalue weighted by Crippen LogP contribution is -2.53. The lowest BCUT2D eigenvalue weighted by molar-refractivity contribution is -0.142. The zero-order valence-electron chi connectivity index (χ0n) is 12.1. The van der Waals surface area contributed by atoms with Crippen LogP contribution in [-0.4, -0.2) is 41.9 Å². The molecule has 2 aliphatic rings. The van der Waals surface area contributed by atoms with Crippen LogP contribution in [0.4, 0.5) is 0 Å². The third-order valence-corrected chi connectivity index (χ3v) is 4.17. The SMILES string of the molecule is CCC(=O)N1CCCCC1C(=O)NCC(N)C1CC1.Cl. The van der Waals surface area contributed by atoms with Crippen LogP contribution in [0, 0.1) is 5.92 Å². The normalized spacial score (nSPS) is 23.7. The van der Waals surface area contributed by atoms with Crippen molar-refractivity contribution < 1.29 is 9.59 Å². The maximum atomic E-state index is 12.2. The number of piperidine rings is 1. The molecule has 5 nitrogen and oxygen atoms in total. The number of likely N-dealkylation sites (tertiary alicyclic amines) is 1. The molecule has 1 aliphatic heterocycles. The molecule has 0 aromatic carbocycles. The van der Waals surface area contributed by atoms with E-state index in [-0.39, 0.29) is 36.3 Å². The predicted octanol–water partition coefficient (Wildman–Crippen LogP) is 1.05. The Labute approximate surface area is 127 Å². The van der Waals surface area contributed by atoms with Gasteiger partial charge in [0.1, 0.15) is 6.04 Å². The van der Waals surface area contributed by atoms with E-state index in [1.165, 1.54) is 12.8 Å². The van der Waals surface area contributed by atoms with E-state index < -0.39 is 0 Å². The number of nitrogens with one attached hydrogen (secondary N) is 1. The Morgan fingerprint density at radius 3 is 2.60 bits per heavy atom. The van der Waals surface area contributed by atoms with E-state index in [4.69, 9.17) is 5.73 Å². The highest BCUT2D eigenvalue weighted by Crippen LogP contribution is 2.31. The second kappa shape index (κ2) is 7.84. The minimum atomic E-state index is -0.285. The van der Waals surface area contributed by atoms with Crippen molar-refractivity contribution in [3.05, 3.63) is 0 Å². The lowest BCUT2D eigenvalue weighted by atomic mass is 10.0. The van der Waals surface area contributed by atoms with Crippen molar-refractivity contribution in [3.63, 3.8) is 0 Å². The molecule has 20 heavy (non-hydrogen) atoms. The van der Waals surface area contributed by atoms with E-state index in [0.29, 0.717) is 25.4 Å². The topological polar surface area (TPSA) is 75.4 Å². The van der Waals surface area contributed by atoms with Gasteiger partial charge in [-0.3, -0.25) is 9.59 Å². The first-order chi connectivity index (χ1) is 9.13. The van der Waals surface area contributed by atoms with Gasteiger partial charge in [-0.05, 0) is 38.0 Å². The molecule has 0 aromatic heterocycles. The molecule has 1 aliphatic carbocycles. The second-order valence-electron chi connectivity index (χ2n) is 5.70. The van der Waals surface area contributed by atoms with Gasteiger partial charge in [0.05, 0.1) is 0 Å². The monoisotopic (exact) mass is 303 g/mol. The van der Waals surface area contributed by atoms with Gasteiger partial charge in [0.15, 0.2) is 0 Å². The number of hydrogen-bond donors (Lipinski definition) is 2. The van der Waals surface area contributed by atoms with Crippen molar-refractivity contribution in [1.29, 1.82) is 0 Å². The highest BCUT2D eigenvalue weighted by atomic mass is 35.5. The second-order valence-corrected chi connectivity index (χ2v) is 5.70. The number of hydrogen-bond acceptors (Lipinski definition) is 3. The van der Waals surface area contributed by atoms with Gasteiger partial charge in [-0.2, -0.15) is 0 Å². The lowest BCUT2D eigenvalue weighted by Gasteiger charge is -2.34. The summed E-state index contributed by atoms with van der Waals surface area (Å²) in [6.07, 6.45) is 5.61. The van der Waals surface area contributed by atoms with Gasteiger partial charge in [-0.1, -0.05) is 6.92 Å². The van der Waals surface area contributed by atoms with Gasteiger partial charge in [0, 0.05) is 25.6 Å². The average Bonchev–Trinajstić information content (AvgIpc) is 3.28. The standard InChI is InChI=1S/C14H25N3O2.ClH/c1-2-13(18)17-8-4-3-5-12(17)14(19)16-9-11(15)10-6-7-10;/h10-12H,2-9,15H2,1H3,(H,16,19);1H. The third kappa shape index (κ3) is 4.35. The van der Waals surface area contributed by atoms with Crippen LogP contribution in [0.15, 0.2) is 0 Å². The molecule has 0 spiro atoms. The summed E-state index contributed by atoms with van der Waals surface area (Å²) in [5, 5.41) is 2.92. The summed E-state index contributed by atoms with van der Waals surface area (Å²) in [6, 6.07) is -0.213. The number of nitrogens with zero attached hydrogens (tertiary/aromatic N) is 1. The summed E-state index contributed by atoms with van der Waals surface area (Å²) in [6.45, 7) is 3.09. The van der Waals surface area contributed by atoms with Crippen LogP contribution in [0.2, 0.25) is 0 Å². The highest BCUT2D eigenvalue weighted by molar-refractivity contribution is 5.87. The molecular formula is C14H26ClN3O2. The maximum absolute atomic E-state index is 12.2. The third-order valence-electron chi connectivity index (χ3n) is 4.17. The Kier molecular flexibility index (Phi) is 6.76. The summed E-state index contributed by atoms with van der Waals surface area (Å²) >= 11 is 0. The van der Waals surface area contributed by atoms with E-state index in [2.05, 4.69) is 5.32 Å². The number of carbonyl (C=O) groups excluding carboxylic acids is 2.